The molecule has 1 saturated heterocycles. The Morgan fingerprint density at radius 1 is 1.29 bits per heavy atom. The van der Waals surface area contributed by atoms with E-state index in [2.05, 4.69) is 13.8 Å². The molecule has 0 radical (unpaired) electrons. The van der Waals surface area contributed by atoms with Crippen molar-refractivity contribution in [1.82, 2.24) is 4.90 Å². The highest BCUT2D eigenvalue weighted by Gasteiger charge is 2.38. The Morgan fingerprint density at radius 2 is 1.95 bits per heavy atom. The van der Waals surface area contributed by atoms with Crippen LogP contribution in [0.5, 0.6) is 0 Å². The summed E-state index contributed by atoms with van der Waals surface area (Å²) in [6.07, 6.45) is 0.531. The lowest BCUT2D eigenvalue weighted by molar-refractivity contribution is -0.130. The summed E-state index contributed by atoms with van der Waals surface area (Å²) in [6.45, 7) is 6.50. The Kier molecular flexibility index (Phi) is 4.99. The third kappa shape index (κ3) is 3.84. The highest BCUT2D eigenvalue weighted by Crippen LogP contribution is 2.22. The van der Waals surface area contributed by atoms with Crippen LogP contribution >= 0.6 is 0 Å². The minimum absolute atomic E-state index is 0.125. The van der Waals surface area contributed by atoms with E-state index in [0.29, 0.717) is 18.8 Å². The van der Waals surface area contributed by atoms with Crippen molar-refractivity contribution in [2.45, 2.75) is 39.7 Å². The van der Waals surface area contributed by atoms with Gasteiger partial charge in [-0.15, -0.1) is 0 Å². The minimum Gasteiger partial charge on any atom is -0.447 e. The summed E-state index contributed by atoms with van der Waals surface area (Å²) in [5, 5.41) is 0. The molecule has 1 aromatic carbocycles. The van der Waals surface area contributed by atoms with Crippen molar-refractivity contribution in [3.63, 3.8) is 0 Å². The van der Waals surface area contributed by atoms with Crippen LogP contribution in [0.15, 0.2) is 30.3 Å². The van der Waals surface area contributed by atoms with Crippen LogP contribution in [0.3, 0.4) is 0 Å². The number of hydrogen-bond acceptors (Lipinski definition) is 3. The molecule has 0 aromatic heterocycles. The molecule has 1 fully saturated rings. The van der Waals surface area contributed by atoms with Crippen LogP contribution in [0.25, 0.3) is 0 Å². The molecule has 1 aliphatic rings. The maximum atomic E-state index is 12.4. The van der Waals surface area contributed by atoms with E-state index in [1.807, 2.05) is 37.3 Å². The highest BCUT2D eigenvalue weighted by molar-refractivity contribution is 5.93. The topological polar surface area (TPSA) is 46.6 Å². The number of imide groups is 1. The van der Waals surface area contributed by atoms with Gasteiger partial charge in [0.2, 0.25) is 5.91 Å². The molecule has 0 aliphatic carbocycles. The van der Waals surface area contributed by atoms with Crippen LogP contribution in [0, 0.1) is 11.8 Å². The molecule has 1 aliphatic heterocycles. The fourth-order valence-corrected chi connectivity index (χ4v) is 2.41. The zero-order valence-corrected chi connectivity index (χ0v) is 12.9. The molecule has 0 bridgehead atoms. The SMILES string of the molecule is CC(C)[C@@H](C)CC(=O)N1C(=O)OC[C@@H]1Cc1ccccc1. The van der Waals surface area contributed by atoms with Crippen molar-refractivity contribution < 1.29 is 14.3 Å². The fourth-order valence-electron chi connectivity index (χ4n) is 2.41. The van der Waals surface area contributed by atoms with Crippen molar-refractivity contribution in [1.29, 1.82) is 0 Å². The number of ether oxygens (including phenoxy) is 1. The van der Waals surface area contributed by atoms with Gasteiger partial charge >= 0.3 is 6.09 Å². The van der Waals surface area contributed by atoms with Gasteiger partial charge in [-0.05, 0) is 23.8 Å². The lowest BCUT2D eigenvalue weighted by Gasteiger charge is -2.22. The Hall–Kier alpha value is -1.84. The zero-order valence-electron chi connectivity index (χ0n) is 12.9. The smallest absolute Gasteiger partial charge is 0.416 e. The number of carbonyl (C=O) groups excluding carboxylic acids is 2. The van der Waals surface area contributed by atoms with Crippen molar-refractivity contribution >= 4 is 12.0 Å². The van der Waals surface area contributed by atoms with Gasteiger partial charge in [0, 0.05) is 6.42 Å². The predicted molar refractivity (Wildman–Crippen MR) is 80.7 cm³/mol. The zero-order chi connectivity index (χ0) is 15.4. The van der Waals surface area contributed by atoms with Gasteiger partial charge < -0.3 is 4.74 Å². The van der Waals surface area contributed by atoms with Crippen LogP contribution in [0.4, 0.5) is 4.79 Å². The summed E-state index contributed by atoms with van der Waals surface area (Å²) in [5.41, 5.74) is 1.11. The molecule has 114 valence electrons. The maximum absolute atomic E-state index is 12.4. The average Bonchev–Trinajstić information content (AvgIpc) is 2.80. The molecule has 4 heteroatoms. The monoisotopic (exact) mass is 289 g/mol. The minimum atomic E-state index is -0.503. The van der Waals surface area contributed by atoms with E-state index >= 15 is 0 Å². The molecule has 2 rings (SSSR count). The van der Waals surface area contributed by atoms with Gasteiger partial charge in [0.25, 0.3) is 0 Å². The number of rotatable bonds is 5. The molecular weight excluding hydrogens is 266 g/mol. The molecule has 0 unspecified atom stereocenters. The largest absolute Gasteiger partial charge is 0.447 e. The molecule has 2 amide bonds. The molecule has 4 nitrogen and oxygen atoms in total. The molecule has 1 heterocycles. The molecular formula is C17H23NO3. The van der Waals surface area contributed by atoms with Gasteiger partial charge in [0.15, 0.2) is 0 Å². The van der Waals surface area contributed by atoms with E-state index in [1.165, 1.54) is 4.90 Å². The molecule has 0 spiro atoms. The van der Waals surface area contributed by atoms with E-state index in [1.54, 1.807) is 0 Å². The lowest BCUT2D eigenvalue weighted by atomic mass is 9.94. The predicted octanol–water partition coefficient (Wildman–Crippen LogP) is 3.26. The van der Waals surface area contributed by atoms with E-state index < -0.39 is 6.09 Å². The third-order valence-corrected chi connectivity index (χ3v) is 4.18. The quantitative estimate of drug-likeness (QED) is 0.836. The van der Waals surface area contributed by atoms with Gasteiger partial charge in [0.1, 0.15) is 6.61 Å². The van der Waals surface area contributed by atoms with Gasteiger partial charge in [-0.1, -0.05) is 51.1 Å². The molecule has 0 saturated carbocycles. The van der Waals surface area contributed by atoms with Crippen LogP contribution in [0.1, 0.15) is 32.8 Å². The molecule has 0 N–H and O–H groups in total. The average molecular weight is 289 g/mol. The van der Waals surface area contributed by atoms with E-state index in [4.69, 9.17) is 4.74 Å². The number of amides is 2. The van der Waals surface area contributed by atoms with Crippen molar-refractivity contribution in [3.8, 4) is 0 Å². The van der Waals surface area contributed by atoms with Crippen molar-refractivity contribution in [3.05, 3.63) is 35.9 Å². The fraction of sp³-hybridized carbons (Fsp3) is 0.529. The first-order chi connectivity index (χ1) is 9.99. The molecule has 2 atom stereocenters. The second-order valence-corrected chi connectivity index (χ2v) is 6.11. The number of hydrogen-bond donors (Lipinski definition) is 0. The van der Waals surface area contributed by atoms with Crippen LogP contribution in [-0.4, -0.2) is 29.5 Å². The van der Waals surface area contributed by atoms with Crippen LogP contribution < -0.4 is 0 Å². The Morgan fingerprint density at radius 3 is 2.57 bits per heavy atom. The Bertz CT molecular complexity index is 498. The summed E-state index contributed by atoms with van der Waals surface area (Å²) in [7, 11) is 0. The number of carbonyl (C=O) groups is 2. The van der Waals surface area contributed by atoms with Gasteiger partial charge in [-0.2, -0.15) is 0 Å². The second kappa shape index (κ2) is 6.74. The van der Waals surface area contributed by atoms with Gasteiger partial charge in [-0.3, -0.25) is 4.79 Å². The summed E-state index contributed by atoms with van der Waals surface area (Å²) in [5.74, 6) is 0.544. The first-order valence-corrected chi connectivity index (χ1v) is 7.51. The lowest BCUT2D eigenvalue weighted by Crippen LogP contribution is -2.41. The van der Waals surface area contributed by atoms with E-state index in [9.17, 15) is 9.59 Å². The molecule has 21 heavy (non-hydrogen) atoms. The normalized spacial score (nSPS) is 19.7. The first kappa shape index (κ1) is 15.5. The number of benzene rings is 1. The Labute approximate surface area is 126 Å². The summed E-state index contributed by atoms with van der Waals surface area (Å²) >= 11 is 0. The standard InChI is InChI=1S/C17H23NO3/c1-12(2)13(3)9-16(19)18-15(11-21-17(18)20)10-14-7-5-4-6-8-14/h4-8,12-13,15H,9-11H2,1-3H3/t13-,15-/m0/s1. The third-order valence-electron chi connectivity index (χ3n) is 4.18. The van der Waals surface area contributed by atoms with Crippen LogP contribution in [0.2, 0.25) is 0 Å². The summed E-state index contributed by atoms with van der Waals surface area (Å²) in [6, 6.07) is 9.68. The van der Waals surface area contributed by atoms with E-state index in [-0.39, 0.29) is 24.5 Å². The van der Waals surface area contributed by atoms with Gasteiger partial charge in [0.05, 0.1) is 6.04 Å². The van der Waals surface area contributed by atoms with Crippen molar-refractivity contribution in [2.75, 3.05) is 6.61 Å². The number of nitrogens with zero attached hydrogens (tertiary/aromatic N) is 1. The highest BCUT2D eigenvalue weighted by atomic mass is 16.6. The van der Waals surface area contributed by atoms with E-state index in [0.717, 1.165) is 5.56 Å². The first-order valence-electron chi connectivity index (χ1n) is 7.51. The summed E-state index contributed by atoms with van der Waals surface area (Å²) < 4.78 is 5.08. The second-order valence-electron chi connectivity index (χ2n) is 6.11. The Balaban J connectivity index is 2.04. The van der Waals surface area contributed by atoms with Crippen molar-refractivity contribution in [2.24, 2.45) is 11.8 Å². The molecule has 1 aromatic rings. The summed E-state index contributed by atoms with van der Waals surface area (Å²) in [4.78, 5) is 25.6. The maximum Gasteiger partial charge on any atom is 0.416 e. The number of cyclic esters (lactones) is 1. The van der Waals surface area contributed by atoms with Gasteiger partial charge in [-0.25, -0.2) is 9.69 Å². The van der Waals surface area contributed by atoms with Crippen LogP contribution in [-0.2, 0) is 16.0 Å².